The molecule has 0 aliphatic carbocycles. The summed E-state index contributed by atoms with van der Waals surface area (Å²) in [5.41, 5.74) is 19.0. The predicted molar refractivity (Wildman–Crippen MR) is 215 cm³/mol. The maximum absolute atomic E-state index is 6.45. The highest BCUT2D eigenvalue weighted by Crippen LogP contribution is 2.24. The Kier molecular flexibility index (Phi) is 13.6. The van der Waals surface area contributed by atoms with Gasteiger partial charge in [-0.25, -0.2) is 5.01 Å². The summed E-state index contributed by atoms with van der Waals surface area (Å²) in [6, 6.07) is 37.2. The van der Waals surface area contributed by atoms with Crippen LogP contribution in [-0.4, -0.2) is 67.8 Å². The van der Waals surface area contributed by atoms with Gasteiger partial charge in [-0.1, -0.05) is 90.2 Å². The Morgan fingerprint density at radius 1 is 0.615 bits per heavy atom. The molecule has 0 saturated carbocycles. The maximum Gasteiger partial charge on any atom is 0.125 e. The maximum atomic E-state index is 6.45. The molecule has 2 heterocycles. The number of anilines is 1. The lowest BCUT2D eigenvalue weighted by atomic mass is 9.93. The van der Waals surface area contributed by atoms with E-state index in [4.69, 9.17) is 21.5 Å². The molecule has 4 aromatic carbocycles. The first-order valence-corrected chi connectivity index (χ1v) is 19.0. The minimum absolute atomic E-state index is 0.544. The minimum Gasteiger partial charge on any atom is -0.384 e. The zero-order chi connectivity index (χ0) is 36.0. The van der Waals surface area contributed by atoms with E-state index in [1.807, 2.05) is 55.6 Å². The van der Waals surface area contributed by atoms with E-state index in [1.165, 1.54) is 36.8 Å². The van der Waals surface area contributed by atoms with Crippen molar-refractivity contribution < 1.29 is 0 Å². The fourth-order valence-electron chi connectivity index (χ4n) is 7.23. The van der Waals surface area contributed by atoms with Crippen LogP contribution in [-0.2, 0) is 13.1 Å². The van der Waals surface area contributed by atoms with Crippen molar-refractivity contribution >= 4 is 23.0 Å². The molecule has 4 N–H and O–H groups in total. The Labute approximate surface area is 310 Å². The normalized spacial score (nSPS) is 17.2. The zero-order valence-corrected chi connectivity index (χ0v) is 30.7. The third kappa shape index (κ3) is 11.3. The minimum atomic E-state index is 0.544. The topological polar surface area (TPSA) is 111 Å². The number of amidine groups is 2. The number of hydrogen-bond acceptors (Lipinski definition) is 6. The summed E-state index contributed by atoms with van der Waals surface area (Å²) in [5.74, 6) is 2.49. The van der Waals surface area contributed by atoms with Crippen LogP contribution in [0.15, 0.2) is 130 Å². The molecule has 9 heteroatoms. The van der Waals surface area contributed by atoms with Crippen LogP contribution in [0.5, 0.6) is 0 Å². The quantitative estimate of drug-likeness (QED) is 0.0569. The Hall–Kier alpha value is -4.86. The molecule has 2 fully saturated rings. The average molecular weight is 698 g/mol. The summed E-state index contributed by atoms with van der Waals surface area (Å²) >= 11 is 0. The van der Waals surface area contributed by atoms with Gasteiger partial charge >= 0.3 is 0 Å². The monoisotopic (exact) mass is 697 g/mol. The summed E-state index contributed by atoms with van der Waals surface area (Å²) in [6.07, 6.45) is 6.98. The van der Waals surface area contributed by atoms with Crippen molar-refractivity contribution in [2.24, 2.45) is 43.6 Å². The van der Waals surface area contributed by atoms with Crippen molar-refractivity contribution in [2.45, 2.75) is 51.6 Å². The van der Waals surface area contributed by atoms with Gasteiger partial charge < -0.3 is 11.5 Å². The van der Waals surface area contributed by atoms with E-state index in [1.54, 1.807) is 5.01 Å². The molecule has 0 spiro atoms. The third-order valence-electron chi connectivity index (χ3n) is 10.5. The van der Waals surface area contributed by atoms with Crippen LogP contribution < -0.4 is 16.5 Å². The molecule has 0 unspecified atom stereocenters. The molecule has 9 nitrogen and oxygen atoms in total. The lowest BCUT2D eigenvalue weighted by Crippen LogP contribution is -2.33. The van der Waals surface area contributed by atoms with E-state index in [-0.39, 0.29) is 0 Å². The zero-order valence-electron chi connectivity index (χ0n) is 30.7. The number of aliphatic imine (C=N–C) groups is 2. The average Bonchev–Trinajstić information content (AvgIpc) is 3.19. The Balaban J connectivity index is 0.931. The fourth-order valence-corrected chi connectivity index (χ4v) is 7.23. The number of piperidine rings is 2. The van der Waals surface area contributed by atoms with Gasteiger partial charge in [0.1, 0.15) is 11.7 Å². The summed E-state index contributed by atoms with van der Waals surface area (Å²) in [7, 11) is 1.88. The molecule has 0 amide bonds. The highest BCUT2D eigenvalue weighted by molar-refractivity contribution is 5.98. The van der Waals surface area contributed by atoms with Gasteiger partial charge in [0.15, 0.2) is 0 Å². The second-order valence-corrected chi connectivity index (χ2v) is 14.3. The second-order valence-electron chi connectivity index (χ2n) is 14.3. The molecule has 0 atom stereocenters. The fraction of sp³-hybridized carbons (Fsp3) is 0.395. The van der Waals surface area contributed by atoms with Crippen LogP contribution in [0.3, 0.4) is 0 Å². The molecule has 0 bridgehead atoms. The summed E-state index contributed by atoms with van der Waals surface area (Å²) in [5, 5.41) is 10.7. The third-order valence-corrected chi connectivity index (χ3v) is 10.5. The van der Waals surface area contributed by atoms with Gasteiger partial charge in [-0.2, -0.15) is 0 Å². The van der Waals surface area contributed by atoms with Crippen molar-refractivity contribution in [1.82, 2.24) is 9.80 Å². The highest BCUT2D eigenvalue weighted by atomic mass is 15.5. The predicted octanol–water partition coefficient (Wildman–Crippen LogP) is 7.84. The lowest BCUT2D eigenvalue weighted by Gasteiger charge is -2.31. The molecule has 2 aliphatic heterocycles. The van der Waals surface area contributed by atoms with Crippen molar-refractivity contribution in [3.8, 4) is 0 Å². The van der Waals surface area contributed by atoms with E-state index in [0.29, 0.717) is 23.5 Å². The first-order valence-electron chi connectivity index (χ1n) is 19.0. The van der Waals surface area contributed by atoms with E-state index in [9.17, 15) is 0 Å². The van der Waals surface area contributed by atoms with Gasteiger partial charge in [-0.15, -0.1) is 5.11 Å². The van der Waals surface area contributed by atoms with Crippen LogP contribution in [0.25, 0.3) is 0 Å². The lowest BCUT2D eigenvalue weighted by molar-refractivity contribution is 0.173. The van der Waals surface area contributed by atoms with Gasteiger partial charge in [-0.05, 0) is 112 Å². The molecular formula is C43H55N9. The standard InChI is InChI=1S/C43H55N9/c1-50(41-17-9-15-39(31-41)43(45)47-25-19-35-22-28-52(29-23-35)33-37-12-6-3-7-13-37)49-48-40-16-8-14-38(30-40)42(44)46-24-18-34-20-26-51(27-21-34)32-36-10-4-2-5-11-36/h2-17,30-31,34-35H,18-29,32-33H2,1H3,(H2,44,46)(H2,45,47). The van der Waals surface area contributed by atoms with Crippen LogP contribution in [0.4, 0.5) is 11.4 Å². The highest BCUT2D eigenvalue weighted by Gasteiger charge is 2.20. The van der Waals surface area contributed by atoms with Crippen molar-refractivity contribution in [1.29, 1.82) is 0 Å². The van der Waals surface area contributed by atoms with E-state index in [2.05, 4.69) is 80.8 Å². The Bertz CT molecular complexity index is 1760. The van der Waals surface area contributed by atoms with Gasteiger partial charge in [-0.3, -0.25) is 19.8 Å². The largest absolute Gasteiger partial charge is 0.384 e. The molecule has 2 saturated heterocycles. The number of nitrogens with two attached hydrogens (primary N) is 2. The van der Waals surface area contributed by atoms with Crippen LogP contribution in [0, 0.1) is 11.8 Å². The number of benzene rings is 4. The first-order chi connectivity index (χ1) is 25.5. The van der Waals surface area contributed by atoms with Crippen molar-refractivity contribution in [3.05, 3.63) is 131 Å². The summed E-state index contributed by atoms with van der Waals surface area (Å²) < 4.78 is 0. The van der Waals surface area contributed by atoms with Crippen LogP contribution in [0.1, 0.15) is 60.8 Å². The van der Waals surface area contributed by atoms with Crippen molar-refractivity contribution in [2.75, 3.05) is 51.3 Å². The number of rotatable bonds is 15. The molecule has 2 aliphatic rings. The molecule has 272 valence electrons. The summed E-state index contributed by atoms with van der Waals surface area (Å²) in [6.45, 7) is 8.12. The molecule has 4 aromatic rings. The van der Waals surface area contributed by atoms with E-state index >= 15 is 0 Å². The smallest absolute Gasteiger partial charge is 0.125 e. The molecule has 0 radical (unpaired) electrons. The molecule has 0 aromatic heterocycles. The van der Waals surface area contributed by atoms with E-state index < -0.39 is 0 Å². The van der Waals surface area contributed by atoms with Crippen molar-refractivity contribution in [3.63, 3.8) is 0 Å². The Morgan fingerprint density at radius 2 is 1.10 bits per heavy atom. The van der Waals surface area contributed by atoms with Crippen LogP contribution >= 0.6 is 0 Å². The first kappa shape index (κ1) is 36.9. The van der Waals surface area contributed by atoms with Gasteiger partial charge in [0.25, 0.3) is 0 Å². The van der Waals surface area contributed by atoms with E-state index in [0.717, 1.165) is 87.7 Å². The number of nitrogens with zero attached hydrogens (tertiary/aromatic N) is 7. The molecule has 52 heavy (non-hydrogen) atoms. The molecule has 6 rings (SSSR count). The number of likely N-dealkylation sites (tertiary alicyclic amines) is 2. The SMILES string of the molecule is CN(N=Nc1cccc(C(N)=NCCC2CCN(Cc3ccccc3)CC2)c1)c1cccc(C(N)=NCCC2CCN(Cc3ccccc3)CC2)c1. The summed E-state index contributed by atoms with van der Waals surface area (Å²) in [4.78, 5) is 14.6. The molecular weight excluding hydrogens is 643 g/mol. The van der Waals surface area contributed by atoms with Gasteiger partial charge in [0, 0.05) is 44.4 Å². The van der Waals surface area contributed by atoms with Gasteiger partial charge in [0.05, 0.1) is 11.4 Å². The van der Waals surface area contributed by atoms with Gasteiger partial charge in [0.2, 0.25) is 0 Å². The Morgan fingerprint density at radius 3 is 1.62 bits per heavy atom. The van der Waals surface area contributed by atoms with Crippen LogP contribution in [0.2, 0.25) is 0 Å². The number of hydrogen-bond donors (Lipinski definition) is 2. The second kappa shape index (κ2) is 19.1.